The summed E-state index contributed by atoms with van der Waals surface area (Å²) in [4.78, 5) is 11.7. The number of para-hydroxylation sites is 1. The van der Waals surface area contributed by atoms with Crippen molar-refractivity contribution in [1.29, 1.82) is 0 Å². The van der Waals surface area contributed by atoms with Gasteiger partial charge in [-0.1, -0.05) is 25.1 Å². The number of ether oxygens (including phenoxy) is 1. The van der Waals surface area contributed by atoms with Crippen molar-refractivity contribution < 1.29 is 9.53 Å². The minimum absolute atomic E-state index is 0. The first-order valence-electron chi connectivity index (χ1n) is 6.25. The normalized spacial score (nSPS) is 14.7. The lowest BCUT2D eigenvalue weighted by atomic mass is 10.0. The van der Waals surface area contributed by atoms with Gasteiger partial charge in [0.1, 0.15) is 11.9 Å². The topological polar surface area (TPSA) is 64.4 Å². The van der Waals surface area contributed by atoms with Gasteiger partial charge in [-0.15, -0.1) is 12.4 Å². The van der Waals surface area contributed by atoms with E-state index in [4.69, 9.17) is 10.5 Å². The van der Waals surface area contributed by atoms with Crippen molar-refractivity contribution in [3.63, 3.8) is 0 Å². The summed E-state index contributed by atoms with van der Waals surface area (Å²) in [6.07, 6.45) is -0.0726. The van der Waals surface area contributed by atoms with Gasteiger partial charge in [0, 0.05) is 12.0 Å². The van der Waals surface area contributed by atoms with Crippen molar-refractivity contribution in [2.75, 3.05) is 6.54 Å². The highest BCUT2D eigenvalue weighted by Crippen LogP contribution is 2.10. The second-order valence-electron chi connectivity index (χ2n) is 4.63. The summed E-state index contributed by atoms with van der Waals surface area (Å²) in [6, 6.07) is 9.41. The van der Waals surface area contributed by atoms with Gasteiger partial charge in [-0.3, -0.25) is 4.79 Å². The Morgan fingerprint density at radius 1 is 1.26 bits per heavy atom. The number of hydrogen-bond acceptors (Lipinski definition) is 3. The van der Waals surface area contributed by atoms with Crippen LogP contribution in [-0.4, -0.2) is 24.6 Å². The highest BCUT2D eigenvalue weighted by Gasteiger charge is 2.17. The van der Waals surface area contributed by atoms with Crippen LogP contribution in [0.5, 0.6) is 5.75 Å². The first kappa shape index (κ1) is 17.7. The first-order valence-corrected chi connectivity index (χ1v) is 6.25. The molecule has 1 amide bonds. The monoisotopic (exact) mass is 286 g/mol. The van der Waals surface area contributed by atoms with Crippen molar-refractivity contribution in [3.8, 4) is 5.75 Å². The minimum Gasteiger partial charge on any atom is -0.489 e. The number of nitrogens with one attached hydrogen (secondary N) is 1. The summed E-state index contributed by atoms with van der Waals surface area (Å²) in [5.41, 5.74) is 5.67. The molecule has 0 radical (unpaired) electrons. The Morgan fingerprint density at radius 2 is 1.84 bits per heavy atom. The summed E-state index contributed by atoms with van der Waals surface area (Å²) >= 11 is 0. The van der Waals surface area contributed by atoms with Crippen LogP contribution in [0.2, 0.25) is 0 Å². The fourth-order valence-corrected chi connectivity index (χ4v) is 1.42. The number of halogens is 1. The maximum absolute atomic E-state index is 11.7. The average Bonchev–Trinajstić information content (AvgIpc) is 2.36. The smallest absolute Gasteiger partial charge is 0.224 e. The van der Waals surface area contributed by atoms with Crippen molar-refractivity contribution >= 4 is 18.3 Å². The van der Waals surface area contributed by atoms with Crippen LogP contribution in [0.4, 0.5) is 0 Å². The predicted octanol–water partition coefficient (Wildman–Crippen LogP) is 1.98. The van der Waals surface area contributed by atoms with Crippen molar-refractivity contribution in [2.45, 2.75) is 32.9 Å². The van der Waals surface area contributed by atoms with Crippen LogP contribution in [0.1, 0.15) is 20.8 Å². The molecule has 0 saturated heterocycles. The molecule has 19 heavy (non-hydrogen) atoms. The quantitative estimate of drug-likeness (QED) is 0.840. The maximum atomic E-state index is 11.7. The molecule has 1 rings (SSSR count). The van der Waals surface area contributed by atoms with Gasteiger partial charge in [-0.2, -0.15) is 0 Å². The zero-order chi connectivity index (χ0) is 13.5. The van der Waals surface area contributed by atoms with Gasteiger partial charge >= 0.3 is 0 Å². The fourth-order valence-electron chi connectivity index (χ4n) is 1.42. The molecule has 4 nitrogen and oxygen atoms in total. The predicted molar refractivity (Wildman–Crippen MR) is 79.6 cm³/mol. The molecule has 0 aliphatic carbocycles. The average molecular weight is 287 g/mol. The molecule has 0 aliphatic rings. The van der Waals surface area contributed by atoms with Gasteiger partial charge in [-0.05, 0) is 26.0 Å². The molecule has 5 heteroatoms. The Hall–Kier alpha value is -1.26. The number of hydrogen-bond donors (Lipinski definition) is 2. The number of benzene rings is 1. The van der Waals surface area contributed by atoms with E-state index < -0.39 is 0 Å². The highest BCUT2D eigenvalue weighted by molar-refractivity contribution is 5.85. The molecule has 0 heterocycles. The lowest BCUT2D eigenvalue weighted by Gasteiger charge is -2.19. The Kier molecular flexibility index (Phi) is 8.19. The van der Waals surface area contributed by atoms with Crippen LogP contribution in [0.3, 0.4) is 0 Å². The van der Waals surface area contributed by atoms with Gasteiger partial charge in [0.15, 0.2) is 0 Å². The summed E-state index contributed by atoms with van der Waals surface area (Å²) < 4.78 is 5.66. The van der Waals surface area contributed by atoms with Crippen molar-refractivity contribution in [1.82, 2.24) is 5.32 Å². The van der Waals surface area contributed by atoms with Crippen LogP contribution in [0.25, 0.3) is 0 Å². The molecule has 0 bridgehead atoms. The molecule has 3 unspecified atom stereocenters. The second kappa shape index (κ2) is 8.77. The molecule has 0 aromatic heterocycles. The third-order valence-corrected chi connectivity index (χ3v) is 2.85. The SMILES string of the molecule is CC(CNC(=O)C(C)C(C)N)Oc1ccccc1.Cl. The molecule has 0 aliphatic heterocycles. The molecule has 108 valence electrons. The molecular weight excluding hydrogens is 264 g/mol. The summed E-state index contributed by atoms with van der Waals surface area (Å²) in [6.45, 7) is 6.05. The van der Waals surface area contributed by atoms with E-state index in [9.17, 15) is 4.79 Å². The fraction of sp³-hybridized carbons (Fsp3) is 0.500. The Morgan fingerprint density at radius 3 is 2.37 bits per heavy atom. The van der Waals surface area contributed by atoms with Gasteiger partial charge in [0.2, 0.25) is 5.91 Å². The molecule has 0 saturated carbocycles. The number of rotatable bonds is 6. The van der Waals surface area contributed by atoms with Gasteiger partial charge in [0.05, 0.1) is 6.54 Å². The summed E-state index contributed by atoms with van der Waals surface area (Å²) in [5, 5.41) is 2.84. The summed E-state index contributed by atoms with van der Waals surface area (Å²) in [7, 11) is 0. The molecule has 0 fully saturated rings. The lowest BCUT2D eigenvalue weighted by molar-refractivity contribution is -0.125. The van der Waals surface area contributed by atoms with Crippen LogP contribution in [-0.2, 0) is 4.79 Å². The van der Waals surface area contributed by atoms with E-state index in [1.165, 1.54) is 0 Å². The van der Waals surface area contributed by atoms with Crippen LogP contribution < -0.4 is 15.8 Å². The first-order chi connectivity index (χ1) is 8.50. The van der Waals surface area contributed by atoms with E-state index in [1.54, 1.807) is 0 Å². The largest absolute Gasteiger partial charge is 0.489 e. The number of carbonyl (C=O) groups is 1. The Balaban J connectivity index is 0.00000324. The lowest BCUT2D eigenvalue weighted by Crippen LogP contribution is -2.42. The zero-order valence-corrected chi connectivity index (χ0v) is 12.4. The standard InChI is InChI=1S/C14H22N2O2.ClH/c1-10(18-13-7-5-4-6-8-13)9-16-14(17)11(2)12(3)15;/h4-8,10-12H,9,15H2,1-3H3,(H,16,17);1H. The van der Waals surface area contributed by atoms with E-state index in [0.29, 0.717) is 6.54 Å². The molecule has 1 aromatic rings. The Bertz CT molecular complexity index is 371. The molecule has 3 N–H and O–H groups in total. The van der Waals surface area contributed by atoms with E-state index in [0.717, 1.165) is 5.75 Å². The molecular formula is C14H23ClN2O2. The highest BCUT2D eigenvalue weighted by atomic mass is 35.5. The van der Waals surface area contributed by atoms with Gasteiger partial charge in [-0.25, -0.2) is 0 Å². The van der Waals surface area contributed by atoms with E-state index in [2.05, 4.69) is 5.32 Å². The van der Waals surface area contributed by atoms with Crippen molar-refractivity contribution in [3.05, 3.63) is 30.3 Å². The zero-order valence-electron chi connectivity index (χ0n) is 11.6. The summed E-state index contributed by atoms with van der Waals surface area (Å²) in [5.74, 6) is 0.585. The van der Waals surface area contributed by atoms with E-state index >= 15 is 0 Å². The maximum Gasteiger partial charge on any atom is 0.224 e. The number of nitrogens with two attached hydrogens (primary N) is 1. The molecule has 1 aromatic carbocycles. The second-order valence-corrected chi connectivity index (χ2v) is 4.63. The Labute approximate surface area is 121 Å². The van der Waals surface area contributed by atoms with Crippen LogP contribution >= 0.6 is 12.4 Å². The van der Waals surface area contributed by atoms with Gasteiger partial charge in [0.25, 0.3) is 0 Å². The van der Waals surface area contributed by atoms with E-state index in [-0.39, 0.29) is 36.4 Å². The van der Waals surface area contributed by atoms with Crippen LogP contribution in [0.15, 0.2) is 30.3 Å². The third-order valence-electron chi connectivity index (χ3n) is 2.85. The van der Waals surface area contributed by atoms with Crippen LogP contribution in [0, 0.1) is 5.92 Å². The third kappa shape index (κ3) is 6.45. The molecule has 0 spiro atoms. The number of amides is 1. The number of carbonyl (C=O) groups excluding carboxylic acids is 1. The van der Waals surface area contributed by atoms with Crippen molar-refractivity contribution in [2.24, 2.45) is 11.7 Å². The minimum atomic E-state index is -0.186. The van der Waals surface area contributed by atoms with Gasteiger partial charge < -0.3 is 15.8 Å². The van der Waals surface area contributed by atoms with E-state index in [1.807, 2.05) is 51.1 Å². The molecule has 3 atom stereocenters.